The molecule has 0 bridgehead atoms. The number of halogens is 3. The highest BCUT2D eigenvalue weighted by Gasteiger charge is 2.30. The smallest absolute Gasteiger partial charge is 0.375 e. The molecule has 1 amide bonds. The molecule has 0 atom stereocenters. The van der Waals surface area contributed by atoms with Crippen molar-refractivity contribution < 1.29 is 18.0 Å². The Bertz CT molecular complexity index is 984. The van der Waals surface area contributed by atoms with Crippen LogP contribution in [0.4, 0.5) is 18.9 Å². The van der Waals surface area contributed by atoms with Gasteiger partial charge in [-0.3, -0.25) is 4.79 Å². The molecule has 0 spiro atoms. The van der Waals surface area contributed by atoms with Crippen LogP contribution in [0.25, 0.3) is 5.82 Å². The molecule has 0 fully saturated rings. The molecule has 2 aromatic heterocycles. The summed E-state index contributed by atoms with van der Waals surface area (Å²) in [6, 6.07) is 12.1. The van der Waals surface area contributed by atoms with Crippen molar-refractivity contribution in [3.05, 3.63) is 71.7 Å². The maximum atomic E-state index is 12.7. The first-order valence-electron chi connectivity index (χ1n) is 9.40. The van der Waals surface area contributed by atoms with Crippen LogP contribution in [0.15, 0.2) is 54.9 Å². The molecule has 3 rings (SSSR count). The summed E-state index contributed by atoms with van der Waals surface area (Å²) in [7, 11) is 1.99. The van der Waals surface area contributed by atoms with Gasteiger partial charge in [0, 0.05) is 32.0 Å². The number of para-hydroxylation sites is 1. The highest BCUT2D eigenvalue weighted by molar-refractivity contribution is 5.95. The summed E-state index contributed by atoms with van der Waals surface area (Å²) >= 11 is 0. The fraction of sp³-hybridized carbons (Fsp3) is 0.286. The Balaban J connectivity index is 1.57. The zero-order valence-electron chi connectivity index (χ0n) is 16.6. The van der Waals surface area contributed by atoms with Gasteiger partial charge in [0.15, 0.2) is 5.82 Å². The molecule has 1 N–H and O–H groups in total. The van der Waals surface area contributed by atoms with E-state index in [4.69, 9.17) is 0 Å². The normalized spacial score (nSPS) is 11.4. The topological polar surface area (TPSA) is 63.1 Å². The number of alkyl halides is 3. The van der Waals surface area contributed by atoms with Gasteiger partial charge in [-0.1, -0.05) is 18.2 Å². The minimum absolute atomic E-state index is 0.212. The van der Waals surface area contributed by atoms with Crippen LogP contribution < -0.4 is 10.2 Å². The van der Waals surface area contributed by atoms with Gasteiger partial charge in [-0.2, -0.15) is 18.3 Å². The van der Waals surface area contributed by atoms with Crippen molar-refractivity contribution in [1.82, 2.24) is 20.1 Å². The molecule has 3 aromatic rings. The number of rotatable bonds is 7. The molecule has 0 aliphatic carbocycles. The number of aromatic nitrogens is 3. The molecule has 0 saturated carbocycles. The number of nitrogens with zero attached hydrogens (tertiary/aromatic N) is 4. The summed E-state index contributed by atoms with van der Waals surface area (Å²) in [5.74, 6) is -0.0722. The quantitative estimate of drug-likeness (QED) is 0.593. The highest BCUT2D eigenvalue weighted by Crippen LogP contribution is 2.28. The molecular weight excluding hydrogens is 395 g/mol. The maximum absolute atomic E-state index is 12.7. The second kappa shape index (κ2) is 8.98. The maximum Gasteiger partial charge on any atom is 0.417 e. The first-order valence-corrected chi connectivity index (χ1v) is 9.40. The van der Waals surface area contributed by atoms with Gasteiger partial charge in [0.1, 0.15) is 0 Å². The highest BCUT2D eigenvalue weighted by atomic mass is 19.4. The van der Waals surface area contributed by atoms with Crippen molar-refractivity contribution >= 4 is 11.6 Å². The second-order valence-electron chi connectivity index (χ2n) is 6.82. The van der Waals surface area contributed by atoms with Crippen LogP contribution in [0.3, 0.4) is 0 Å². The molecule has 0 saturated heterocycles. The Labute approximate surface area is 172 Å². The molecular formula is C21H22F3N5O. The first-order chi connectivity index (χ1) is 14.3. The lowest BCUT2D eigenvalue weighted by Gasteiger charge is -2.19. The van der Waals surface area contributed by atoms with Crippen LogP contribution in [-0.2, 0) is 6.18 Å². The minimum atomic E-state index is -4.45. The van der Waals surface area contributed by atoms with Crippen molar-refractivity contribution in [2.45, 2.75) is 19.5 Å². The lowest BCUT2D eigenvalue weighted by molar-refractivity contribution is -0.137. The number of carbonyl (C=O) groups excluding carboxylic acids is 1. The number of benzene rings is 1. The van der Waals surface area contributed by atoms with E-state index in [-0.39, 0.29) is 11.7 Å². The van der Waals surface area contributed by atoms with Crippen LogP contribution in [0.1, 0.15) is 28.0 Å². The summed E-state index contributed by atoms with van der Waals surface area (Å²) in [4.78, 5) is 18.4. The predicted molar refractivity (Wildman–Crippen MR) is 108 cm³/mol. The SMILES string of the molecule is Cc1c(C(=O)NCCCN(C)c2ccccc2)cnn1-c1ccc(C(F)(F)F)cn1. The third-order valence-corrected chi connectivity index (χ3v) is 4.70. The van der Waals surface area contributed by atoms with Crippen LogP contribution in [-0.4, -0.2) is 40.8 Å². The molecule has 0 aliphatic rings. The molecule has 9 heteroatoms. The van der Waals surface area contributed by atoms with Gasteiger partial charge in [-0.05, 0) is 37.6 Å². The third-order valence-electron chi connectivity index (χ3n) is 4.70. The van der Waals surface area contributed by atoms with E-state index in [1.54, 1.807) is 6.92 Å². The predicted octanol–water partition coefficient (Wildman–Crippen LogP) is 3.85. The van der Waals surface area contributed by atoms with Gasteiger partial charge in [0.25, 0.3) is 5.91 Å². The van der Waals surface area contributed by atoms with E-state index >= 15 is 0 Å². The van der Waals surface area contributed by atoms with E-state index < -0.39 is 11.7 Å². The first kappa shape index (κ1) is 21.4. The molecule has 6 nitrogen and oxygen atoms in total. The average Bonchev–Trinajstić information content (AvgIpc) is 3.12. The molecule has 0 radical (unpaired) electrons. The molecule has 0 unspecified atom stereocenters. The number of nitrogens with one attached hydrogen (secondary N) is 1. The molecule has 0 aliphatic heterocycles. The van der Waals surface area contributed by atoms with Gasteiger partial charge < -0.3 is 10.2 Å². The van der Waals surface area contributed by atoms with Crippen molar-refractivity contribution in [2.75, 3.05) is 25.0 Å². The van der Waals surface area contributed by atoms with Crippen molar-refractivity contribution in [2.24, 2.45) is 0 Å². The Kier molecular flexibility index (Phi) is 6.39. The lowest BCUT2D eigenvalue weighted by Crippen LogP contribution is -2.28. The van der Waals surface area contributed by atoms with Gasteiger partial charge in [-0.25, -0.2) is 9.67 Å². The summed E-state index contributed by atoms with van der Waals surface area (Å²) in [5.41, 5.74) is 1.12. The average molecular weight is 417 g/mol. The largest absolute Gasteiger partial charge is 0.417 e. The number of anilines is 1. The van der Waals surface area contributed by atoms with Crippen LogP contribution in [0, 0.1) is 6.92 Å². The summed E-state index contributed by atoms with van der Waals surface area (Å²) in [5, 5.41) is 6.95. The Morgan fingerprint density at radius 3 is 2.50 bits per heavy atom. The summed E-state index contributed by atoms with van der Waals surface area (Å²) in [6.07, 6.45) is -1.56. The Hall–Kier alpha value is -3.36. The van der Waals surface area contributed by atoms with Gasteiger partial charge >= 0.3 is 6.18 Å². The Morgan fingerprint density at radius 1 is 1.13 bits per heavy atom. The zero-order chi connectivity index (χ0) is 21.7. The minimum Gasteiger partial charge on any atom is -0.375 e. The van der Waals surface area contributed by atoms with E-state index in [9.17, 15) is 18.0 Å². The molecule has 30 heavy (non-hydrogen) atoms. The summed E-state index contributed by atoms with van der Waals surface area (Å²) in [6.45, 7) is 2.93. The van der Waals surface area contributed by atoms with Crippen LogP contribution >= 0.6 is 0 Å². The standard InChI is InChI=1S/C21H22F3N5O/c1-15-18(14-27-29(15)19-10-9-16(13-26-19)21(22,23)24)20(30)25-11-6-12-28(2)17-7-4-3-5-8-17/h3-5,7-10,13-14H,6,11-12H2,1-2H3,(H,25,30). The molecule has 2 heterocycles. The van der Waals surface area contributed by atoms with E-state index in [1.165, 1.54) is 16.9 Å². The monoisotopic (exact) mass is 417 g/mol. The van der Waals surface area contributed by atoms with Gasteiger partial charge in [-0.15, -0.1) is 0 Å². The lowest BCUT2D eigenvalue weighted by atomic mass is 10.2. The number of hydrogen-bond acceptors (Lipinski definition) is 4. The van der Waals surface area contributed by atoms with Crippen molar-refractivity contribution in [1.29, 1.82) is 0 Å². The van der Waals surface area contributed by atoms with E-state index in [0.29, 0.717) is 17.8 Å². The fourth-order valence-electron chi connectivity index (χ4n) is 2.97. The van der Waals surface area contributed by atoms with E-state index in [1.807, 2.05) is 37.4 Å². The molecule has 158 valence electrons. The third kappa shape index (κ3) is 4.97. The fourth-order valence-corrected chi connectivity index (χ4v) is 2.97. The van der Waals surface area contributed by atoms with Crippen LogP contribution in [0.5, 0.6) is 0 Å². The second-order valence-corrected chi connectivity index (χ2v) is 6.82. The zero-order valence-corrected chi connectivity index (χ0v) is 16.6. The van der Waals surface area contributed by atoms with Crippen molar-refractivity contribution in [3.63, 3.8) is 0 Å². The van der Waals surface area contributed by atoms with Crippen LogP contribution in [0.2, 0.25) is 0 Å². The molecule has 1 aromatic carbocycles. The Morgan fingerprint density at radius 2 is 1.87 bits per heavy atom. The number of pyridine rings is 1. The van der Waals surface area contributed by atoms with E-state index in [2.05, 4.69) is 20.3 Å². The van der Waals surface area contributed by atoms with Gasteiger partial charge in [0.2, 0.25) is 0 Å². The van der Waals surface area contributed by atoms with Gasteiger partial charge in [0.05, 0.1) is 23.0 Å². The summed E-state index contributed by atoms with van der Waals surface area (Å²) < 4.78 is 39.4. The number of carbonyl (C=O) groups is 1. The van der Waals surface area contributed by atoms with Crippen molar-refractivity contribution in [3.8, 4) is 5.82 Å². The van der Waals surface area contributed by atoms with E-state index in [0.717, 1.165) is 30.9 Å². The number of hydrogen-bond donors (Lipinski definition) is 1. The number of amides is 1.